The first-order valence-corrected chi connectivity index (χ1v) is 13.8. The minimum Gasteiger partial charge on any atom is -0.466 e. The fourth-order valence-electron chi connectivity index (χ4n) is 2.57. The van der Waals surface area contributed by atoms with E-state index in [4.69, 9.17) is 52.1 Å². The Hall–Kier alpha value is -1.68. The van der Waals surface area contributed by atoms with Crippen LogP contribution in [-0.2, 0) is 61.7 Å². The summed E-state index contributed by atoms with van der Waals surface area (Å²) in [6, 6.07) is 0. The molecule has 0 N–H and O–H groups in total. The average molecular weight is 583 g/mol. The van der Waals surface area contributed by atoms with Crippen molar-refractivity contribution in [1.82, 2.24) is 0 Å². The molecule has 0 atom stereocenters. The second kappa shape index (κ2) is 31.8. The monoisotopic (exact) mass is 582 g/mol. The van der Waals surface area contributed by atoms with Crippen molar-refractivity contribution >= 4 is 11.9 Å². The Morgan fingerprint density at radius 3 is 1.00 bits per heavy atom. The molecule has 0 aliphatic rings. The topological polar surface area (TPSA) is 136 Å². The summed E-state index contributed by atoms with van der Waals surface area (Å²) in [5, 5.41) is 0. The van der Waals surface area contributed by atoms with Crippen LogP contribution in [0.25, 0.3) is 0 Å². The van der Waals surface area contributed by atoms with Gasteiger partial charge in [0.25, 0.3) is 0 Å². The standard InChI is InChI=1S/C27H50O13/c1-4-39-26(28)5-6-30-7-8-31-9-10-32-11-12-33-13-14-34-15-16-35-17-18-36-19-20-37-21-22-38-23-24-40-27(29)25(2)3/h2,4-24H2,1,3H3. The number of hydrogen-bond donors (Lipinski definition) is 0. The van der Waals surface area contributed by atoms with Gasteiger partial charge in [0.15, 0.2) is 0 Å². The van der Waals surface area contributed by atoms with E-state index in [0.29, 0.717) is 131 Å². The van der Waals surface area contributed by atoms with Crippen molar-refractivity contribution in [3.8, 4) is 0 Å². The van der Waals surface area contributed by atoms with Crippen LogP contribution in [0.15, 0.2) is 12.2 Å². The number of ether oxygens (including phenoxy) is 11. The summed E-state index contributed by atoms with van der Waals surface area (Å²) in [6.07, 6.45) is 0.253. The highest BCUT2D eigenvalue weighted by Crippen LogP contribution is 1.92. The van der Waals surface area contributed by atoms with Crippen LogP contribution in [-0.4, -0.2) is 144 Å². The first-order valence-electron chi connectivity index (χ1n) is 13.8. The van der Waals surface area contributed by atoms with Gasteiger partial charge in [-0.15, -0.1) is 0 Å². The minimum absolute atomic E-state index is 0.197. The lowest BCUT2D eigenvalue weighted by Crippen LogP contribution is -2.15. The summed E-state index contributed by atoms with van der Waals surface area (Å²) in [5.74, 6) is -0.670. The first-order chi connectivity index (χ1) is 19.6. The average Bonchev–Trinajstić information content (AvgIpc) is 2.94. The molecular formula is C27H50O13. The lowest BCUT2D eigenvalue weighted by atomic mass is 10.4. The van der Waals surface area contributed by atoms with E-state index >= 15 is 0 Å². The molecule has 13 nitrogen and oxygen atoms in total. The van der Waals surface area contributed by atoms with Gasteiger partial charge >= 0.3 is 11.9 Å². The molecule has 0 heterocycles. The molecule has 0 rings (SSSR count). The largest absolute Gasteiger partial charge is 0.466 e. The van der Waals surface area contributed by atoms with Gasteiger partial charge in [-0.3, -0.25) is 4.79 Å². The second-order valence-electron chi connectivity index (χ2n) is 7.98. The van der Waals surface area contributed by atoms with E-state index in [1.807, 2.05) is 0 Å². The van der Waals surface area contributed by atoms with Crippen LogP contribution in [0.1, 0.15) is 20.3 Å². The van der Waals surface area contributed by atoms with Crippen LogP contribution in [0.4, 0.5) is 0 Å². The Labute approximate surface area is 238 Å². The second-order valence-corrected chi connectivity index (χ2v) is 7.98. The van der Waals surface area contributed by atoms with E-state index in [1.165, 1.54) is 0 Å². The molecule has 0 radical (unpaired) electrons. The molecule has 13 heteroatoms. The first kappa shape index (κ1) is 38.3. The summed E-state index contributed by atoms with van der Waals surface area (Å²) in [6.45, 7) is 15.6. The third kappa shape index (κ3) is 30.9. The van der Waals surface area contributed by atoms with Crippen LogP contribution >= 0.6 is 0 Å². The Bertz CT molecular complexity index is 589. The summed E-state index contributed by atoms with van der Waals surface area (Å²) in [5.41, 5.74) is 0.367. The molecule has 0 bridgehead atoms. The maximum Gasteiger partial charge on any atom is 0.333 e. The lowest BCUT2D eigenvalue weighted by Gasteiger charge is -2.09. The predicted molar refractivity (Wildman–Crippen MR) is 144 cm³/mol. The van der Waals surface area contributed by atoms with Crippen LogP contribution in [0.5, 0.6) is 0 Å². The van der Waals surface area contributed by atoms with Crippen molar-refractivity contribution in [2.45, 2.75) is 20.3 Å². The fraction of sp³-hybridized carbons (Fsp3) is 0.852. The van der Waals surface area contributed by atoms with E-state index in [-0.39, 0.29) is 19.0 Å². The maximum atomic E-state index is 11.2. The third-order valence-electron chi connectivity index (χ3n) is 4.54. The smallest absolute Gasteiger partial charge is 0.333 e. The van der Waals surface area contributed by atoms with Gasteiger partial charge in [-0.25, -0.2) is 4.79 Å². The molecule has 0 fully saturated rings. The van der Waals surface area contributed by atoms with E-state index in [0.717, 1.165) is 0 Å². The lowest BCUT2D eigenvalue weighted by molar-refractivity contribution is -0.144. The molecule has 0 unspecified atom stereocenters. The van der Waals surface area contributed by atoms with E-state index in [9.17, 15) is 9.59 Å². The Morgan fingerprint density at radius 1 is 0.450 bits per heavy atom. The van der Waals surface area contributed by atoms with Gasteiger partial charge in [-0.05, 0) is 13.8 Å². The van der Waals surface area contributed by atoms with Crippen LogP contribution in [0.2, 0.25) is 0 Å². The van der Waals surface area contributed by atoms with Crippen molar-refractivity contribution in [3.63, 3.8) is 0 Å². The Morgan fingerprint density at radius 2 is 0.725 bits per heavy atom. The van der Waals surface area contributed by atoms with Crippen molar-refractivity contribution in [2.24, 2.45) is 0 Å². The van der Waals surface area contributed by atoms with Crippen molar-refractivity contribution in [2.75, 3.05) is 132 Å². The van der Waals surface area contributed by atoms with E-state index in [1.54, 1.807) is 13.8 Å². The minimum atomic E-state index is -0.415. The number of rotatable bonds is 32. The fourth-order valence-corrected chi connectivity index (χ4v) is 2.57. The summed E-state index contributed by atoms with van der Waals surface area (Å²) in [4.78, 5) is 22.3. The number of hydrogen-bond acceptors (Lipinski definition) is 13. The van der Waals surface area contributed by atoms with Gasteiger partial charge in [-0.1, -0.05) is 6.58 Å². The zero-order valence-electron chi connectivity index (χ0n) is 24.4. The summed E-state index contributed by atoms with van der Waals surface area (Å²) < 4.78 is 58.2. The van der Waals surface area contributed by atoms with Gasteiger partial charge in [-0.2, -0.15) is 0 Å². The third-order valence-corrected chi connectivity index (χ3v) is 4.54. The SMILES string of the molecule is C=C(C)C(=O)OCCOCCOCCOCCOCCOCCOCCOCCOCCOCCC(=O)OCC. The highest BCUT2D eigenvalue weighted by Gasteiger charge is 2.02. The molecule has 0 aromatic rings. The normalized spacial score (nSPS) is 11.1. The number of esters is 2. The molecular weight excluding hydrogens is 532 g/mol. The molecule has 0 saturated heterocycles. The van der Waals surface area contributed by atoms with Gasteiger partial charge in [0.1, 0.15) is 6.61 Å². The van der Waals surface area contributed by atoms with Crippen LogP contribution in [0.3, 0.4) is 0 Å². The molecule has 0 aromatic carbocycles. The van der Waals surface area contributed by atoms with Crippen LogP contribution in [0, 0.1) is 0 Å². The van der Waals surface area contributed by atoms with Gasteiger partial charge in [0.05, 0.1) is 132 Å². The molecule has 0 spiro atoms. The van der Waals surface area contributed by atoms with Crippen molar-refractivity contribution in [1.29, 1.82) is 0 Å². The molecule has 40 heavy (non-hydrogen) atoms. The number of carbonyl (C=O) groups is 2. The highest BCUT2D eigenvalue weighted by molar-refractivity contribution is 5.86. The zero-order chi connectivity index (χ0) is 29.4. The highest BCUT2D eigenvalue weighted by atomic mass is 16.6. The Balaban J connectivity index is 3.09. The number of carbonyl (C=O) groups excluding carboxylic acids is 2. The Kier molecular flexibility index (Phi) is 30.5. The summed E-state index contributed by atoms with van der Waals surface area (Å²) in [7, 11) is 0. The predicted octanol–water partition coefficient (Wildman–Crippen LogP) is 1.21. The van der Waals surface area contributed by atoms with Gasteiger partial charge in [0, 0.05) is 5.57 Å². The van der Waals surface area contributed by atoms with Gasteiger partial charge in [0.2, 0.25) is 0 Å². The van der Waals surface area contributed by atoms with Crippen molar-refractivity contribution in [3.05, 3.63) is 12.2 Å². The zero-order valence-corrected chi connectivity index (χ0v) is 24.4. The molecule has 236 valence electrons. The van der Waals surface area contributed by atoms with Crippen LogP contribution < -0.4 is 0 Å². The molecule has 0 aliphatic heterocycles. The molecule has 0 aliphatic carbocycles. The maximum absolute atomic E-state index is 11.2. The molecule has 0 amide bonds. The molecule has 0 aromatic heterocycles. The van der Waals surface area contributed by atoms with E-state index < -0.39 is 5.97 Å². The van der Waals surface area contributed by atoms with Gasteiger partial charge < -0.3 is 52.1 Å². The molecule has 0 saturated carbocycles. The quantitative estimate of drug-likeness (QED) is 0.0639. The van der Waals surface area contributed by atoms with Crippen molar-refractivity contribution < 1.29 is 61.7 Å². The van der Waals surface area contributed by atoms with E-state index in [2.05, 4.69) is 6.58 Å². The summed E-state index contributed by atoms with van der Waals surface area (Å²) >= 11 is 0.